The predicted molar refractivity (Wildman–Crippen MR) is 47.3 cm³/mol. The summed E-state index contributed by atoms with van der Waals surface area (Å²) in [5.74, 6) is -3.32. The van der Waals surface area contributed by atoms with Crippen molar-refractivity contribution in [3.63, 3.8) is 0 Å². The summed E-state index contributed by atoms with van der Waals surface area (Å²) in [6, 6.07) is 0. The Labute approximate surface area is 79.3 Å². The maximum Gasteiger partial charge on any atom is 0.372 e. The number of carboxylic acids is 2. The van der Waals surface area contributed by atoms with Gasteiger partial charge in [-0.25, -0.2) is 9.59 Å². The average molecular weight is 196 g/mol. The second-order valence-corrected chi connectivity index (χ2v) is 2.74. The van der Waals surface area contributed by atoms with Crippen LogP contribution in [0.3, 0.4) is 0 Å². The molecule has 5 heteroatoms. The van der Waals surface area contributed by atoms with Crippen LogP contribution in [0.2, 0.25) is 0 Å². The molecule has 5 nitrogen and oxygen atoms in total. The summed E-state index contributed by atoms with van der Waals surface area (Å²) in [4.78, 5) is 21.3. The maximum atomic E-state index is 10.7. The Hall–Kier alpha value is -2.04. The lowest BCUT2D eigenvalue weighted by Gasteiger charge is -1.96. The summed E-state index contributed by atoms with van der Waals surface area (Å²) in [5.41, 5.74) is 0.290. The number of rotatable bonds is 3. The van der Waals surface area contributed by atoms with E-state index in [1.54, 1.807) is 6.92 Å². The molecule has 0 aliphatic heterocycles. The van der Waals surface area contributed by atoms with E-state index >= 15 is 0 Å². The molecule has 2 N–H and O–H groups in total. The fourth-order valence-electron chi connectivity index (χ4n) is 1.04. The van der Waals surface area contributed by atoms with Gasteiger partial charge in [-0.05, 0) is 12.5 Å². The normalized spacial score (nSPS) is 9.79. The minimum absolute atomic E-state index is 0.204. The zero-order chi connectivity index (χ0) is 10.9. The third-order valence-electron chi connectivity index (χ3n) is 1.66. The van der Waals surface area contributed by atoms with Gasteiger partial charge in [-0.15, -0.1) is 0 Å². The summed E-state index contributed by atoms with van der Waals surface area (Å²) in [5, 5.41) is 17.4. The fraction of sp³-hybridized carbons (Fsp3) is 0.111. The van der Waals surface area contributed by atoms with Crippen LogP contribution in [0, 0.1) is 0 Å². The molecule has 0 unspecified atom stereocenters. The molecule has 1 heterocycles. The second kappa shape index (κ2) is 3.37. The third-order valence-corrected chi connectivity index (χ3v) is 1.66. The zero-order valence-electron chi connectivity index (χ0n) is 7.40. The topological polar surface area (TPSA) is 87.7 Å². The lowest BCUT2D eigenvalue weighted by atomic mass is 10.1. The molecule has 0 saturated carbocycles. The molecule has 0 bridgehead atoms. The van der Waals surface area contributed by atoms with Crippen molar-refractivity contribution >= 4 is 17.5 Å². The van der Waals surface area contributed by atoms with E-state index in [0.717, 1.165) is 6.26 Å². The number of allylic oxidation sites excluding steroid dienone is 1. The molecule has 0 atom stereocenters. The van der Waals surface area contributed by atoms with Crippen LogP contribution < -0.4 is 0 Å². The first-order chi connectivity index (χ1) is 6.45. The number of aromatic carboxylic acids is 2. The molecule has 14 heavy (non-hydrogen) atoms. The van der Waals surface area contributed by atoms with Crippen molar-refractivity contribution in [1.82, 2.24) is 0 Å². The lowest BCUT2D eigenvalue weighted by molar-refractivity contribution is 0.0625. The summed E-state index contributed by atoms with van der Waals surface area (Å²) in [7, 11) is 0. The van der Waals surface area contributed by atoms with Crippen LogP contribution in [0.25, 0.3) is 5.57 Å². The first-order valence-corrected chi connectivity index (χ1v) is 3.69. The average Bonchev–Trinajstić information content (AvgIpc) is 2.46. The zero-order valence-corrected chi connectivity index (χ0v) is 7.40. The van der Waals surface area contributed by atoms with E-state index in [-0.39, 0.29) is 11.1 Å². The van der Waals surface area contributed by atoms with Crippen LogP contribution in [0.5, 0.6) is 0 Å². The van der Waals surface area contributed by atoms with Gasteiger partial charge in [0.15, 0.2) is 0 Å². The highest BCUT2D eigenvalue weighted by Crippen LogP contribution is 2.23. The lowest BCUT2D eigenvalue weighted by Crippen LogP contribution is -2.06. The van der Waals surface area contributed by atoms with Crippen molar-refractivity contribution in [2.45, 2.75) is 6.92 Å². The van der Waals surface area contributed by atoms with E-state index < -0.39 is 17.7 Å². The van der Waals surface area contributed by atoms with Crippen molar-refractivity contribution in [3.05, 3.63) is 29.7 Å². The monoisotopic (exact) mass is 196 g/mol. The van der Waals surface area contributed by atoms with Crippen molar-refractivity contribution < 1.29 is 24.2 Å². The molecule has 0 aliphatic rings. The highest BCUT2D eigenvalue weighted by molar-refractivity contribution is 6.03. The molecule has 1 aromatic heterocycles. The SMILES string of the molecule is C=C(C)c1coc(C(=O)O)c1C(=O)O. The highest BCUT2D eigenvalue weighted by atomic mass is 16.4. The van der Waals surface area contributed by atoms with Gasteiger partial charge in [0.05, 0.1) is 6.26 Å². The summed E-state index contributed by atoms with van der Waals surface area (Å²) in [6.07, 6.45) is 1.08. The Morgan fingerprint density at radius 2 is 1.93 bits per heavy atom. The van der Waals surface area contributed by atoms with Crippen molar-refractivity contribution in [2.75, 3.05) is 0 Å². The number of carboxylic acid groups (broad SMARTS) is 2. The van der Waals surface area contributed by atoms with Gasteiger partial charge in [0.1, 0.15) is 5.56 Å². The van der Waals surface area contributed by atoms with E-state index in [4.69, 9.17) is 10.2 Å². The smallest absolute Gasteiger partial charge is 0.372 e. The quantitative estimate of drug-likeness (QED) is 0.768. The van der Waals surface area contributed by atoms with Crippen LogP contribution in [0.1, 0.15) is 33.4 Å². The van der Waals surface area contributed by atoms with E-state index in [2.05, 4.69) is 11.0 Å². The van der Waals surface area contributed by atoms with Gasteiger partial charge in [-0.1, -0.05) is 6.58 Å². The van der Waals surface area contributed by atoms with Crippen molar-refractivity contribution in [2.24, 2.45) is 0 Å². The Kier molecular flexibility index (Phi) is 2.42. The molecule has 0 aliphatic carbocycles. The molecule has 1 rings (SSSR count). The van der Waals surface area contributed by atoms with Gasteiger partial charge in [-0.2, -0.15) is 0 Å². The Morgan fingerprint density at radius 3 is 2.29 bits per heavy atom. The van der Waals surface area contributed by atoms with E-state index in [1.807, 2.05) is 0 Å². The van der Waals surface area contributed by atoms with Gasteiger partial charge in [0, 0.05) is 5.56 Å². The van der Waals surface area contributed by atoms with Crippen LogP contribution in [0.15, 0.2) is 17.3 Å². The molecule has 0 spiro atoms. The predicted octanol–water partition coefficient (Wildman–Crippen LogP) is 1.71. The van der Waals surface area contributed by atoms with Crippen LogP contribution in [0.4, 0.5) is 0 Å². The molecular formula is C9H8O5. The van der Waals surface area contributed by atoms with E-state index in [1.165, 1.54) is 0 Å². The summed E-state index contributed by atoms with van der Waals surface area (Å²) >= 11 is 0. The Bertz CT molecular complexity index is 381. The van der Waals surface area contributed by atoms with Gasteiger partial charge in [-0.3, -0.25) is 0 Å². The fourth-order valence-corrected chi connectivity index (χ4v) is 1.04. The largest absolute Gasteiger partial charge is 0.478 e. The van der Waals surface area contributed by atoms with Gasteiger partial charge < -0.3 is 14.6 Å². The van der Waals surface area contributed by atoms with Crippen molar-refractivity contribution in [3.8, 4) is 0 Å². The maximum absolute atomic E-state index is 10.7. The van der Waals surface area contributed by atoms with Crippen LogP contribution in [-0.2, 0) is 0 Å². The van der Waals surface area contributed by atoms with Gasteiger partial charge >= 0.3 is 11.9 Å². The molecule has 0 amide bonds. The molecular weight excluding hydrogens is 188 g/mol. The molecule has 1 aromatic rings. The molecule has 0 saturated heterocycles. The summed E-state index contributed by atoms with van der Waals surface area (Å²) < 4.78 is 4.64. The second-order valence-electron chi connectivity index (χ2n) is 2.74. The molecule has 0 fully saturated rings. The van der Waals surface area contributed by atoms with Crippen LogP contribution in [-0.4, -0.2) is 22.2 Å². The number of furan rings is 1. The molecule has 0 radical (unpaired) electrons. The molecule has 74 valence electrons. The first kappa shape index (κ1) is 10.0. The third kappa shape index (κ3) is 1.52. The van der Waals surface area contributed by atoms with Gasteiger partial charge in [0.2, 0.25) is 5.76 Å². The Balaban J connectivity index is 3.42. The van der Waals surface area contributed by atoms with Gasteiger partial charge in [0.25, 0.3) is 0 Å². The molecule has 0 aromatic carbocycles. The minimum Gasteiger partial charge on any atom is -0.478 e. The number of hydrogen-bond donors (Lipinski definition) is 2. The van der Waals surface area contributed by atoms with E-state index in [9.17, 15) is 9.59 Å². The highest BCUT2D eigenvalue weighted by Gasteiger charge is 2.24. The van der Waals surface area contributed by atoms with Crippen LogP contribution >= 0.6 is 0 Å². The minimum atomic E-state index is -1.41. The van der Waals surface area contributed by atoms with Crippen molar-refractivity contribution in [1.29, 1.82) is 0 Å². The van der Waals surface area contributed by atoms with E-state index in [0.29, 0.717) is 5.57 Å². The first-order valence-electron chi connectivity index (χ1n) is 3.69. The standard InChI is InChI=1S/C9H8O5/c1-4(2)5-3-14-7(9(12)13)6(5)8(10)11/h3H,1H2,2H3,(H,10,11)(H,12,13). The summed E-state index contributed by atoms with van der Waals surface area (Å²) in [6.45, 7) is 5.10. The Morgan fingerprint density at radius 1 is 1.36 bits per heavy atom. The number of carbonyl (C=O) groups is 2. The number of hydrogen-bond acceptors (Lipinski definition) is 3.